The van der Waals surface area contributed by atoms with Gasteiger partial charge in [-0.25, -0.2) is 9.78 Å². The van der Waals surface area contributed by atoms with Gasteiger partial charge >= 0.3 is 5.97 Å². The Morgan fingerprint density at radius 3 is 3.06 bits per heavy atom. The summed E-state index contributed by atoms with van der Waals surface area (Å²) in [5, 5.41) is 4.67. The Balaban J connectivity index is 1.38. The molecule has 1 unspecified atom stereocenters. The van der Waals surface area contributed by atoms with Crippen molar-refractivity contribution in [1.29, 1.82) is 0 Å². The largest absolute Gasteiger partial charge is 0.461 e. The molecule has 1 atom stereocenters. The van der Waals surface area contributed by atoms with Crippen LogP contribution in [0.5, 0.6) is 0 Å². The minimum atomic E-state index is -0.434. The zero-order valence-corrected chi connectivity index (χ0v) is 19.1. The van der Waals surface area contributed by atoms with E-state index in [1.54, 1.807) is 25.5 Å². The van der Waals surface area contributed by atoms with E-state index >= 15 is 0 Å². The molecule has 0 fully saturated rings. The van der Waals surface area contributed by atoms with E-state index in [1.165, 1.54) is 11.8 Å². The Kier molecular flexibility index (Phi) is 5.02. The van der Waals surface area contributed by atoms with Crippen molar-refractivity contribution in [2.45, 2.75) is 42.4 Å². The lowest BCUT2D eigenvalue weighted by Crippen LogP contribution is -2.26. The van der Waals surface area contributed by atoms with Gasteiger partial charge < -0.3 is 24.4 Å². The average molecular weight is 476 g/mol. The molecule has 0 saturated carbocycles. The van der Waals surface area contributed by atoms with Crippen LogP contribution in [0, 0.1) is 0 Å². The highest BCUT2D eigenvalue weighted by Gasteiger charge is 2.39. The van der Waals surface area contributed by atoms with Crippen LogP contribution in [0.3, 0.4) is 0 Å². The van der Waals surface area contributed by atoms with Crippen molar-refractivity contribution in [2.24, 2.45) is 0 Å². The number of Topliss-reactive ketones (excluding diaryl/α,β-unsaturated/α-hetero) is 1. The van der Waals surface area contributed by atoms with Crippen molar-refractivity contribution in [2.75, 3.05) is 11.9 Å². The summed E-state index contributed by atoms with van der Waals surface area (Å²) in [4.78, 5) is 40.4. The second-order valence-electron chi connectivity index (χ2n) is 8.14. The van der Waals surface area contributed by atoms with Gasteiger partial charge in [0.25, 0.3) is 0 Å². The average Bonchev–Trinajstić information content (AvgIpc) is 3.56. The second-order valence-corrected chi connectivity index (χ2v) is 9.13. The number of allylic oxidation sites excluding steroid dienone is 2. The summed E-state index contributed by atoms with van der Waals surface area (Å²) in [6.45, 7) is 2.05. The van der Waals surface area contributed by atoms with Gasteiger partial charge in [-0.2, -0.15) is 0 Å². The van der Waals surface area contributed by atoms with E-state index < -0.39 is 11.9 Å². The zero-order valence-electron chi connectivity index (χ0n) is 18.3. The SMILES string of the molecule is CCOC(=O)c1[nH]cc2c1NC1=C(C(=O)CCC1)C2c1ccc(Sc2nc3ccncc3[nH]2)o1. The quantitative estimate of drug-likeness (QED) is 0.352. The number of anilines is 1. The van der Waals surface area contributed by atoms with Crippen LogP contribution in [0.4, 0.5) is 5.69 Å². The first-order valence-electron chi connectivity index (χ1n) is 11.1. The first kappa shape index (κ1) is 20.8. The summed E-state index contributed by atoms with van der Waals surface area (Å²) >= 11 is 1.37. The van der Waals surface area contributed by atoms with Crippen LogP contribution in [-0.4, -0.2) is 38.3 Å². The fourth-order valence-corrected chi connectivity index (χ4v) is 5.39. The molecule has 0 radical (unpaired) electrons. The lowest BCUT2D eigenvalue weighted by molar-refractivity contribution is -0.116. The molecule has 10 heteroatoms. The fraction of sp³-hybridized carbons (Fsp3) is 0.250. The van der Waals surface area contributed by atoms with Crippen LogP contribution in [0.15, 0.2) is 62.7 Å². The van der Waals surface area contributed by atoms with Crippen LogP contribution in [-0.2, 0) is 9.53 Å². The Bertz CT molecular complexity index is 1430. The number of rotatable bonds is 5. The monoisotopic (exact) mass is 475 g/mol. The summed E-state index contributed by atoms with van der Waals surface area (Å²) in [5.41, 5.74) is 5.01. The van der Waals surface area contributed by atoms with Crippen LogP contribution < -0.4 is 5.32 Å². The van der Waals surface area contributed by atoms with Gasteiger partial charge in [-0.05, 0) is 49.7 Å². The number of imidazole rings is 1. The molecule has 4 aromatic heterocycles. The fourth-order valence-electron chi connectivity index (χ4n) is 4.62. The number of H-pyrrole nitrogens is 2. The van der Waals surface area contributed by atoms with Crippen LogP contribution in [0.25, 0.3) is 11.0 Å². The molecule has 34 heavy (non-hydrogen) atoms. The lowest BCUT2D eigenvalue weighted by atomic mass is 9.78. The number of aromatic amines is 2. The smallest absolute Gasteiger partial charge is 0.356 e. The molecule has 0 aromatic carbocycles. The molecule has 0 spiro atoms. The van der Waals surface area contributed by atoms with Gasteiger partial charge in [0.1, 0.15) is 11.5 Å². The minimum absolute atomic E-state index is 0.0960. The number of hydrogen-bond acceptors (Lipinski definition) is 8. The third-order valence-electron chi connectivity index (χ3n) is 6.07. The molecule has 0 bridgehead atoms. The number of carbonyl (C=O) groups excluding carboxylic acids is 2. The van der Waals surface area contributed by atoms with Crippen molar-refractivity contribution < 1.29 is 18.7 Å². The maximum atomic E-state index is 13.0. The Morgan fingerprint density at radius 2 is 2.21 bits per heavy atom. The summed E-state index contributed by atoms with van der Waals surface area (Å²) in [7, 11) is 0. The maximum Gasteiger partial charge on any atom is 0.356 e. The summed E-state index contributed by atoms with van der Waals surface area (Å²) < 4.78 is 11.4. The van der Waals surface area contributed by atoms with E-state index in [-0.39, 0.29) is 12.4 Å². The molecule has 0 amide bonds. The number of hydrogen-bond donors (Lipinski definition) is 3. The Hall–Kier alpha value is -3.79. The number of carbonyl (C=O) groups is 2. The number of pyridine rings is 1. The van der Waals surface area contributed by atoms with Crippen LogP contribution in [0.2, 0.25) is 0 Å². The first-order valence-corrected chi connectivity index (χ1v) is 11.9. The van der Waals surface area contributed by atoms with Crippen LogP contribution in [0.1, 0.15) is 53.9 Å². The number of nitrogens with zero attached hydrogens (tertiary/aromatic N) is 2. The van der Waals surface area contributed by atoms with Gasteiger partial charge in [0, 0.05) is 35.6 Å². The standard InChI is InChI=1S/C24H21N5O4S/c1-2-32-23(31)22-21-12(10-26-22)19(20-14(27-21)4-3-5-16(20)30)17-6-7-18(33-17)34-24-28-13-8-9-25-11-15(13)29-24/h6-11,19,26-27H,2-5H2,1H3,(H,28,29). The molecule has 9 nitrogen and oxygen atoms in total. The second kappa shape index (κ2) is 8.21. The molecular formula is C24H21N5O4S. The summed E-state index contributed by atoms with van der Waals surface area (Å²) in [5.74, 6) is -0.109. The molecule has 2 aliphatic rings. The van der Waals surface area contributed by atoms with E-state index in [0.29, 0.717) is 39.4 Å². The molecule has 3 N–H and O–H groups in total. The number of nitrogens with one attached hydrogen (secondary N) is 3. The van der Waals surface area contributed by atoms with Gasteiger partial charge in [-0.15, -0.1) is 0 Å². The van der Waals surface area contributed by atoms with Gasteiger partial charge in [-0.3, -0.25) is 9.78 Å². The lowest BCUT2D eigenvalue weighted by Gasteiger charge is -2.31. The highest BCUT2D eigenvalue weighted by Crippen LogP contribution is 2.47. The number of furan rings is 1. The van der Waals surface area contributed by atoms with Gasteiger partial charge in [-0.1, -0.05) is 0 Å². The van der Waals surface area contributed by atoms with Gasteiger partial charge in [0.15, 0.2) is 16.0 Å². The van der Waals surface area contributed by atoms with Gasteiger partial charge in [0.2, 0.25) is 0 Å². The number of aromatic nitrogens is 4. The van der Waals surface area contributed by atoms with Crippen molar-refractivity contribution in [1.82, 2.24) is 19.9 Å². The Labute approximate surface area is 198 Å². The zero-order chi connectivity index (χ0) is 23.2. The highest BCUT2D eigenvalue weighted by atomic mass is 32.2. The molecular weight excluding hydrogens is 454 g/mol. The maximum absolute atomic E-state index is 13.0. The number of ketones is 1. The normalized spacial score (nSPS) is 17.4. The van der Waals surface area contributed by atoms with Gasteiger partial charge in [0.05, 0.1) is 35.4 Å². The number of ether oxygens (including phenoxy) is 1. The molecule has 5 heterocycles. The van der Waals surface area contributed by atoms with Crippen molar-refractivity contribution in [3.05, 3.63) is 65.1 Å². The third kappa shape index (κ3) is 3.41. The van der Waals surface area contributed by atoms with E-state index in [4.69, 9.17) is 9.15 Å². The highest BCUT2D eigenvalue weighted by molar-refractivity contribution is 7.99. The van der Waals surface area contributed by atoms with E-state index in [1.807, 2.05) is 18.2 Å². The molecule has 172 valence electrons. The molecule has 6 rings (SSSR count). The molecule has 4 aromatic rings. The van der Waals surface area contributed by atoms with Crippen molar-refractivity contribution in [3.8, 4) is 0 Å². The number of esters is 1. The number of fused-ring (bicyclic) bond motifs is 2. The van der Waals surface area contributed by atoms with Crippen molar-refractivity contribution >= 4 is 40.2 Å². The summed E-state index contributed by atoms with van der Waals surface area (Å²) in [6, 6.07) is 5.60. The third-order valence-corrected chi connectivity index (χ3v) is 6.87. The van der Waals surface area contributed by atoms with E-state index in [9.17, 15) is 9.59 Å². The minimum Gasteiger partial charge on any atom is -0.461 e. The van der Waals surface area contributed by atoms with Crippen molar-refractivity contribution in [3.63, 3.8) is 0 Å². The van der Waals surface area contributed by atoms with E-state index in [0.717, 1.165) is 35.1 Å². The first-order chi connectivity index (χ1) is 16.6. The topological polar surface area (TPSA) is 126 Å². The van der Waals surface area contributed by atoms with E-state index in [2.05, 4.69) is 25.3 Å². The summed E-state index contributed by atoms with van der Waals surface area (Å²) in [6.07, 6.45) is 7.19. The predicted molar refractivity (Wildman–Crippen MR) is 125 cm³/mol. The predicted octanol–water partition coefficient (Wildman–Crippen LogP) is 4.77. The Morgan fingerprint density at radius 1 is 1.29 bits per heavy atom. The molecule has 1 aliphatic carbocycles. The molecule has 1 aliphatic heterocycles. The van der Waals surface area contributed by atoms with Crippen LogP contribution >= 0.6 is 11.8 Å². The molecule has 0 saturated heterocycles.